The summed E-state index contributed by atoms with van der Waals surface area (Å²) in [6.07, 6.45) is 3.63. The minimum absolute atomic E-state index is 0.549. The van der Waals surface area contributed by atoms with Crippen molar-refractivity contribution in [3.8, 4) is 0 Å². The molecule has 4 heteroatoms. The Bertz CT molecular complexity index is 255. The van der Waals surface area contributed by atoms with Gasteiger partial charge in [-0.1, -0.05) is 5.16 Å². The Morgan fingerprint density at radius 3 is 3.08 bits per heavy atom. The van der Waals surface area contributed by atoms with Gasteiger partial charge in [0.2, 0.25) is 0 Å². The Labute approximate surface area is 71.4 Å². The Balaban J connectivity index is 1.92. The van der Waals surface area contributed by atoms with Gasteiger partial charge in [0.25, 0.3) is 0 Å². The highest BCUT2D eigenvalue weighted by Gasteiger charge is 2.23. The van der Waals surface area contributed by atoms with Crippen LogP contribution in [-0.4, -0.2) is 16.7 Å². The summed E-state index contributed by atoms with van der Waals surface area (Å²) in [4.78, 5) is 4.19. The van der Waals surface area contributed by atoms with Crippen molar-refractivity contribution in [2.24, 2.45) is 5.92 Å². The van der Waals surface area contributed by atoms with Crippen LogP contribution in [0.25, 0.3) is 0 Å². The van der Waals surface area contributed by atoms with E-state index in [1.807, 2.05) is 6.92 Å². The molecule has 12 heavy (non-hydrogen) atoms. The molecule has 1 aromatic rings. The normalized spacial score (nSPS) is 16.4. The lowest BCUT2D eigenvalue weighted by atomic mass is 10.3. The number of anilines is 1. The summed E-state index contributed by atoms with van der Waals surface area (Å²) in [5.74, 6) is 1.66. The predicted molar refractivity (Wildman–Crippen MR) is 44.9 cm³/mol. The summed E-state index contributed by atoms with van der Waals surface area (Å²) in [5.41, 5.74) is 0. The third-order valence-corrected chi connectivity index (χ3v) is 1.96. The van der Waals surface area contributed by atoms with Gasteiger partial charge in [-0.15, -0.1) is 0 Å². The predicted octanol–water partition coefficient (Wildman–Crippen LogP) is 1.45. The molecule has 0 unspecified atom stereocenters. The number of hydrogen-bond acceptors (Lipinski definition) is 4. The molecule has 0 aromatic carbocycles. The smallest absolute Gasteiger partial charge is 0.321 e. The van der Waals surface area contributed by atoms with Crippen LogP contribution in [0.4, 0.5) is 6.01 Å². The van der Waals surface area contributed by atoms with Gasteiger partial charge in [-0.25, -0.2) is 0 Å². The molecule has 66 valence electrons. The van der Waals surface area contributed by atoms with Gasteiger partial charge in [0.15, 0.2) is 5.82 Å². The quantitative estimate of drug-likeness (QED) is 0.737. The molecule has 1 aliphatic rings. The fourth-order valence-corrected chi connectivity index (χ4v) is 1.14. The second-order valence-corrected chi connectivity index (χ2v) is 3.19. The van der Waals surface area contributed by atoms with Crippen LogP contribution in [0.3, 0.4) is 0 Å². The summed E-state index contributed by atoms with van der Waals surface area (Å²) in [5, 5.41) is 6.85. The Kier molecular flexibility index (Phi) is 1.98. The van der Waals surface area contributed by atoms with Gasteiger partial charge in [0.05, 0.1) is 0 Å². The highest BCUT2D eigenvalue weighted by molar-refractivity contribution is 5.17. The zero-order chi connectivity index (χ0) is 8.39. The highest BCUT2D eigenvalue weighted by atomic mass is 16.5. The number of hydrogen-bond donors (Lipinski definition) is 1. The lowest BCUT2D eigenvalue weighted by Gasteiger charge is -1.90. The van der Waals surface area contributed by atoms with Crippen LogP contribution < -0.4 is 5.32 Å². The minimum Gasteiger partial charge on any atom is -0.338 e. The van der Waals surface area contributed by atoms with E-state index in [1.165, 1.54) is 12.8 Å². The summed E-state index contributed by atoms with van der Waals surface area (Å²) in [7, 11) is 0. The van der Waals surface area contributed by atoms with Crippen molar-refractivity contribution >= 4 is 6.01 Å². The maximum Gasteiger partial charge on any atom is 0.321 e. The zero-order valence-electron chi connectivity index (χ0n) is 7.21. The van der Waals surface area contributed by atoms with Gasteiger partial charge in [-0.3, -0.25) is 0 Å². The van der Waals surface area contributed by atoms with Gasteiger partial charge in [-0.2, -0.15) is 4.98 Å². The first-order chi connectivity index (χ1) is 5.88. The van der Waals surface area contributed by atoms with Crippen LogP contribution in [0.15, 0.2) is 4.52 Å². The molecule has 0 spiro atoms. The lowest BCUT2D eigenvalue weighted by molar-refractivity contribution is 0.421. The largest absolute Gasteiger partial charge is 0.338 e. The van der Waals surface area contributed by atoms with E-state index in [2.05, 4.69) is 15.5 Å². The van der Waals surface area contributed by atoms with E-state index in [-0.39, 0.29) is 0 Å². The van der Waals surface area contributed by atoms with Crippen molar-refractivity contribution in [2.45, 2.75) is 26.2 Å². The first-order valence-electron chi connectivity index (χ1n) is 4.45. The fraction of sp³-hybridized carbons (Fsp3) is 0.750. The third-order valence-electron chi connectivity index (χ3n) is 1.96. The summed E-state index contributed by atoms with van der Waals surface area (Å²) in [6, 6.07) is 0.549. The summed E-state index contributed by atoms with van der Waals surface area (Å²) >= 11 is 0. The third kappa shape index (κ3) is 1.75. The van der Waals surface area contributed by atoms with E-state index in [4.69, 9.17) is 4.52 Å². The van der Waals surface area contributed by atoms with Crippen molar-refractivity contribution in [3.63, 3.8) is 0 Å². The zero-order valence-corrected chi connectivity index (χ0v) is 7.21. The van der Waals surface area contributed by atoms with Gasteiger partial charge in [0, 0.05) is 13.0 Å². The molecule has 0 atom stereocenters. The number of nitrogens with one attached hydrogen (secondary N) is 1. The first-order valence-corrected chi connectivity index (χ1v) is 4.45. The van der Waals surface area contributed by atoms with E-state index >= 15 is 0 Å². The Morgan fingerprint density at radius 2 is 2.42 bits per heavy atom. The first kappa shape index (κ1) is 7.58. The molecule has 1 saturated carbocycles. The van der Waals surface area contributed by atoms with Crippen molar-refractivity contribution in [1.29, 1.82) is 0 Å². The number of aromatic nitrogens is 2. The molecular formula is C8H13N3O. The molecule has 0 aliphatic heterocycles. The monoisotopic (exact) mass is 167 g/mol. The lowest BCUT2D eigenvalue weighted by Crippen LogP contribution is -1.96. The van der Waals surface area contributed by atoms with Gasteiger partial charge < -0.3 is 9.84 Å². The second kappa shape index (κ2) is 3.13. The SMILES string of the molecule is CCNc1nc(CC2CC2)no1. The highest BCUT2D eigenvalue weighted by Crippen LogP contribution is 2.31. The Morgan fingerprint density at radius 1 is 1.58 bits per heavy atom. The van der Waals surface area contributed by atoms with Crippen molar-refractivity contribution in [2.75, 3.05) is 11.9 Å². The van der Waals surface area contributed by atoms with E-state index in [9.17, 15) is 0 Å². The minimum atomic E-state index is 0.549. The van der Waals surface area contributed by atoms with E-state index in [1.54, 1.807) is 0 Å². The number of nitrogens with zero attached hydrogens (tertiary/aromatic N) is 2. The van der Waals surface area contributed by atoms with Crippen LogP contribution in [0, 0.1) is 5.92 Å². The topological polar surface area (TPSA) is 51.0 Å². The van der Waals surface area contributed by atoms with E-state index in [0.29, 0.717) is 6.01 Å². The van der Waals surface area contributed by atoms with Crippen molar-refractivity contribution < 1.29 is 4.52 Å². The standard InChI is InChI=1S/C8H13N3O/c1-2-9-8-10-7(11-12-8)5-6-3-4-6/h6H,2-5H2,1H3,(H,9,10,11). The van der Waals surface area contributed by atoms with Crippen LogP contribution >= 0.6 is 0 Å². The molecule has 0 amide bonds. The molecule has 1 aromatic heterocycles. The molecule has 1 heterocycles. The van der Waals surface area contributed by atoms with Gasteiger partial charge in [-0.05, 0) is 25.7 Å². The van der Waals surface area contributed by atoms with Gasteiger partial charge in [0.1, 0.15) is 0 Å². The molecule has 4 nitrogen and oxygen atoms in total. The average Bonchev–Trinajstić information content (AvgIpc) is 2.74. The van der Waals surface area contributed by atoms with Crippen LogP contribution in [0.1, 0.15) is 25.6 Å². The molecule has 0 saturated heterocycles. The molecule has 2 rings (SSSR count). The molecule has 1 N–H and O–H groups in total. The maximum atomic E-state index is 4.96. The number of rotatable bonds is 4. The summed E-state index contributed by atoms with van der Waals surface area (Å²) < 4.78 is 4.96. The Hall–Kier alpha value is -1.06. The summed E-state index contributed by atoms with van der Waals surface area (Å²) in [6.45, 7) is 2.83. The maximum absolute atomic E-state index is 4.96. The molecule has 1 aliphatic carbocycles. The molecule has 0 bridgehead atoms. The molecular weight excluding hydrogens is 154 g/mol. The molecule has 1 fully saturated rings. The van der Waals surface area contributed by atoms with Gasteiger partial charge >= 0.3 is 6.01 Å². The molecule has 0 radical (unpaired) electrons. The van der Waals surface area contributed by atoms with Crippen LogP contribution in [-0.2, 0) is 6.42 Å². The average molecular weight is 167 g/mol. The van der Waals surface area contributed by atoms with E-state index < -0.39 is 0 Å². The van der Waals surface area contributed by atoms with Crippen LogP contribution in [0.2, 0.25) is 0 Å². The second-order valence-electron chi connectivity index (χ2n) is 3.19. The van der Waals surface area contributed by atoms with Crippen molar-refractivity contribution in [1.82, 2.24) is 10.1 Å². The fourth-order valence-electron chi connectivity index (χ4n) is 1.14. The van der Waals surface area contributed by atoms with E-state index in [0.717, 1.165) is 24.7 Å². The van der Waals surface area contributed by atoms with Crippen molar-refractivity contribution in [3.05, 3.63) is 5.82 Å². The van der Waals surface area contributed by atoms with Crippen LogP contribution in [0.5, 0.6) is 0 Å².